The molecule has 2 heterocycles. The maximum absolute atomic E-state index is 12.6. The molecule has 2 aromatic carbocycles. The van der Waals surface area contributed by atoms with E-state index in [4.69, 9.17) is 4.74 Å². The van der Waals surface area contributed by atoms with E-state index in [1.54, 1.807) is 30.0 Å². The van der Waals surface area contributed by atoms with E-state index < -0.39 is 6.10 Å². The number of carbonyl (C=O) groups excluding carboxylic acids is 2. The summed E-state index contributed by atoms with van der Waals surface area (Å²) in [6.45, 7) is 7.93. The molecular formula is C23H23N3O3. The second kappa shape index (κ2) is 7.47. The Morgan fingerprint density at radius 2 is 2.07 bits per heavy atom. The van der Waals surface area contributed by atoms with Crippen molar-refractivity contribution >= 4 is 34.1 Å². The highest BCUT2D eigenvalue weighted by Gasteiger charge is 2.31. The first kappa shape index (κ1) is 18.8. The number of aromatic amines is 1. The van der Waals surface area contributed by atoms with Crippen LogP contribution in [0.25, 0.3) is 10.9 Å². The molecule has 148 valence electrons. The lowest BCUT2D eigenvalue weighted by atomic mass is 10.1. The van der Waals surface area contributed by atoms with Gasteiger partial charge in [0.1, 0.15) is 5.75 Å². The number of para-hydroxylation sites is 1. The van der Waals surface area contributed by atoms with Crippen LogP contribution in [0.3, 0.4) is 0 Å². The summed E-state index contributed by atoms with van der Waals surface area (Å²) in [5.74, 6) is 0.369. The standard InChI is InChI=1S/C23H23N3O3/c1-14(2)13-26-20-11-17(8-9-21(20)29-15(3)23(26)28)25-22(27)10-16-12-24-19-7-5-4-6-18(16)19/h4-9,11-12,15,24H,1,10,13H2,2-3H3,(H,25,27). The number of H-pyrrole nitrogens is 1. The lowest BCUT2D eigenvalue weighted by Gasteiger charge is -2.33. The maximum atomic E-state index is 12.6. The third kappa shape index (κ3) is 3.74. The molecule has 2 N–H and O–H groups in total. The predicted molar refractivity (Wildman–Crippen MR) is 114 cm³/mol. The van der Waals surface area contributed by atoms with Crippen molar-refractivity contribution in [3.05, 3.63) is 66.4 Å². The molecule has 0 saturated heterocycles. The molecule has 1 atom stereocenters. The van der Waals surface area contributed by atoms with Crippen molar-refractivity contribution in [1.82, 2.24) is 4.98 Å². The summed E-state index contributed by atoms with van der Waals surface area (Å²) < 4.78 is 5.71. The van der Waals surface area contributed by atoms with Gasteiger partial charge >= 0.3 is 0 Å². The van der Waals surface area contributed by atoms with E-state index in [0.717, 1.165) is 22.0 Å². The Balaban J connectivity index is 1.55. The monoisotopic (exact) mass is 389 g/mol. The number of benzene rings is 2. The van der Waals surface area contributed by atoms with Gasteiger partial charge in [0.05, 0.1) is 12.1 Å². The Bertz CT molecular complexity index is 1120. The van der Waals surface area contributed by atoms with Gasteiger partial charge in [-0.15, -0.1) is 0 Å². The number of amides is 2. The van der Waals surface area contributed by atoms with E-state index in [0.29, 0.717) is 23.7 Å². The largest absolute Gasteiger partial charge is 0.479 e. The minimum absolute atomic E-state index is 0.122. The molecule has 4 rings (SSSR count). The number of aromatic nitrogens is 1. The van der Waals surface area contributed by atoms with E-state index in [2.05, 4.69) is 16.9 Å². The fourth-order valence-electron chi connectivity index (χ4n) is 3.57. The van der Waals surface area contributed by atoms with E-state index in [9.17, 15) is 9.59 Å². The van der Waals surface area contributed by atoms with Crippen molar-refractivity contribution in [1.29, 1.82) is 0 Å². The molecule has 29 heavy (non-hydrogen) atoms. The number of anilines is 2. The number of hydrogen-bond acceptors (Lipinski definition) is 3. The van der Waals surface area contributed by atoms with E-state index in [1.807, 2.05) is 37.4 Å². The van der Waals surface area contributed by atoms with Crippen molar-refractivity contribution in [2.24, 2.45) is 0 Å². The van der Waals surface area contributed by atoms with Crippen LogP contribution in [0.2, 0.25) is 0 Å². The average Bonchev–Trinajstić information content (AvgIpc) is 3.08. The highest BCUT2D eigenvalue weighted by Crippen LogP contribution is 2.36. The summed E-state index contributed by atoms with van der Waals surface area (Å²) in [4.78, 5) is 30.0. The van der Waals surface area contributed by atoms with Crippen LogP contribution < -0.4 is 15.0 Å². The number of ether oxygens (including phenoxy) is 1. The first-order chi connectivity index (χ1) is 13.9. The van der Waals surface area contributed by atoms with Crippen LogP contribution in [0.15, 0.2) is 60.8 Å². The molecular weight excluding hydrogens is 366 g/mol. The van der Waals surface area contributed by atoms with Crippen LogP contribution in [0, 0.1) is 0 Å². The topological polar surface area (TPSA) is 74.4 Å². The molecule has 0 bridgehead atoms. The second-order valence-electron chi connectivity index (χ2n) is 7.41. The lowest BCUT2D eigenvalue weighted by Crippen LogP contribution is -2.45. The third-order valence-corrected chi connectivity index (χ3v) is 4.90. The highest BCUT2D eigenvalue weighted by molar-refractivity contribution is 6.02. The molecule has 6 nitrogen and oxygen atoms in total. The summed E-state index contributed by atoms with van der Waals surface area (Å²) in [5, 5.41) is 3.96. The molecule has 0 spiro atoms. The molecule has 3 aromatic rings. The third-order valence-electron chi connectivity index (χ3n) is 4.90. The summed E-state index contributed by atoms with van der Waals surface area (Å²) in [5.41, 5.74) is 4.07. The number of carbonyl (C=O) groups is 2. The van der Waals surface area contributed by atoms with Gasteiger partial charge in [-0.25, -0.2) is 0 Å². The molecule has 1 unspecified atom stereocenters. The Morgan fingerprint density at radius 3 is 2.86 bits per heavy atom. The summed E-state index contributed by atoms with van der Waals surface area (Å²) >= 11 is 0. The van der Waals surface area contributed by atoms with Gasteiger partial charge in [0.25, 0.3) is 5.91 Å². The Labute approximate surface area is 169 Å². The molecule has 0 saturated carbocycles. The normalized spacial score (nSPS) is 15.7. The number of nitrogens with zero attached hydrogens (tertiary/aromatic N) is 1. The van der Waals surface area contributed by atoms with E-state index >= 15 is 0 Å². The number of rotatable bonds is 5. The molecule has 0 fully saturated rings. The SMILES string of the molecule is C=C(C)CN1C(=O)C(C)Oc2ccc(NC(=O)Cc3c[nH]c4ccccc34)cc21. The summed E-state index contributed by atoms with van der Waals surface area (Å²) in [7, 11) is 0. The zero-order valence-corrected chi connectivity index (χ0v) is 16.5. The van der Waals surface area contributed by atoms with Crippen LogP contribution in [-0.4, -0.2) is 29.4 Å². The fourth-order valence-corrected chi connectivity index (χ4v) is 3.57. The van der Waals surface area contributed by atoms with Gasteiger partial charge in [0.2, 0.25) is 5.91 Å². The van der Waals surface area contributed by atoms with Gasteiger partial charge < -0.3 is 19.9 Å². The highest BCUT2D eigenvalue weighted by atomic mass is 16.5. The van der Waals surface area contributed by atoms with Gasteiger partial charge in [-0.05, 0) is 43.7 Å². The Morgan fingerprint density at radius 1 is 1.28 bits per heavy atom. The van der Waals surface area contributed by atoms with Crippen LogP contribution in [0.4, 0.5) is 11.4 Å². The molecule has 6 heteroatoms. The van der Waals surface area contributed by atoms with E-state index in [-0.39, 0.29) is 18.2 Å². The zero-order valence-electron chi connectivity index (χ0n) is 16.5. The molecule has 1 aromatic heterocycles. The van der Waals surface area contributed by atoms with Gasteiger partial charge in [0, 0.05) is 29.3 Å². The van der Waals surface area contributed by atoms with Crippen molar-refractivity contribution in [3.63, 3.8) is 0 Å². The maximum Gasteiger partial charge on any atom is 0.268 e. The molecule has 2 amide bonds. The number of fused-ring (bicyclic) bond motifs is 2. The van der Waals surface area contributed by atoms with Crippen LogP contribution in [-0.2, 0) is 16.0 Å². The van der Waals surface area contributed by atoms with Gasteiger partial charge in [-0.3, -0.25) is 9.59 Å². The quantitative estimate of drug-likeness (QED) is 0.647. The van der Waals surface area contributed by atoms with E-state index in [1.165, 1.54) is 0 Å². The molecule has 1 aliphatic heterocycles. The molecule has 0 radical (unpaired) electrons. The second-order valence-corrected chi connectivity index (χ2v) is 7.41. The van der Waals surface area contributed by atoms with Crippen molar-refractivity contribution < 1.29 is 14.3 Å². The van der Waals surface area contributed by atoms with Gasteiger partial charge in [-0.1, -0.05) is 30.4 Å². The number of hydrogen-bond donors (Lipinski definition) is 2. The van der Waals surface area contributed by atoms with Crippen LogP contribution in [0.5, 0.6) is 5.75 Å². The predicted octanol–water partition coefficient (Wildman–Crippen LogP) is 4.04. The molecule has 0 aliphatic carbocycles. The zero-order chi connectivity index (χ0) is 20.5. The smallest absolute Gasteiger partial charge is 0.268 e. The first-order valence-electron chi connectivity index (χ1n) is 9.53. The van der Waals surface area contributed by atoms with Crippen molar-refractivity contribution in [2.75, 3.05) is 16.8 Å². The fraction of sp³-hybridized carbons (Fsp3) is 0.217. The lowest BCUT2D eigenvalue weighted by molar-refractivity contribution is -0.125. The average molecular weight is 389 g/mol. The van der Waals surface area contributed by atoms with Gasteiger partial charge in [0.15, 0.2) is 6.10 Å². The van der Waals surface area contributed by atoms with Gasteiger partial charge in [-0.2, -0.15) is 0 Å². The Hall–Kier alpha value is -3.54. The Kier molecular flexibility index (Phi) is 4.84. The van der Waals surface area contributed by atoms with Crippen molar-refractivity contribution in [3.8, 4) is 5.75 Å². The summed E-state index contributed by atoms with van der Waals surface area (Å²) in [6.07, 6.45) is 1.56. The minimum Gasteiger partial charge on any atom is -0.479 e. The minimum atomic E-state index is -0.552. The number of nitrogens with one attached hydrogen (secondary N) is 2. The molecule has 1 aliphatic rings. The summed E-state index contributed by atoms with van der Waals surface area (Å²) in [6, 6.07) is 13.2. The van der Waals surface area contributed by atoms with Crippen LogP contribution >= 0.6 is 0 Å². The van der Waals surface area contributed by atoms with Crippen LogP contribution in [0.1, 0.15) is 19.4 Å². The van der Waals surface area contributed by atoms with Crippen molar-refractivity contribution in [2.45, 2.75) is 26.4 Å². The first-order valence-corrected chi connectivity index (χ1v) is 9.53.